The highest BCUT2D eigenvalue weighted by Gasteiger charge is 2.18. The summed E-state index contributed by atoms with van der Waals surface area (Å²) in [6.45, 7) is 1.82. The van der Waals surface area contributed by atoms with Crippen LogP contribution < -0.4 is 11.3 Å². The van der Waals surface area contributed by atoms with Crippen LogP contribution in [0.3, 0.4) is 0 Å². The molecule has 0 spiro atoms. The first-order valence-electron chi connectivity index (χ1n) is 4.11. The molecule has 1 amide bonds. The fourth-order valence-corrected chi connectivity index (χ4v) is 1.97. The van der Waals surface area contributed by atoms with Crippen LogP contribution in [-0.2, 0) is 4.79 Å². The molecular weight excluding hydrogens is 255 g/mol. The van der Waals surface area contributed by atoms with E-state index in [0.717, 1.165) is 5.56 Å². The van der Waals surface area contributed by atoms with Crippen LogP contribution in [0.2, 0.25) is 10.0 Å². The number of nitrogens with one attached hydrogen (secondary N) is 1. The van der Waals surface area contributed by atoms with E-state index in [0.29, 0.717) is 15.6 Å². The van der Waals surface area contributed by atoms with Gasteiger partial charge in [-0.25, -0.2) is 5.84 Å². The maximum Gasteiger partial charge on any atom is 0.251 e. The maximum atomic E-state index is 11.3. The van der Waals surface area contributed by atoms with Gasteiger partial charge in [-0.15, -0.1) is 0 Å². The number of aryl methyl sites for hydroxylation is 1. The number of hydrazine groups is 1. The maximum absolute atomic E-state index is 11.3. The normalized spacial score (nSPS) is 12.3. The minimum Gasteiger partial charge on any atom is -0.293 e. The summed E-state index contributed by atoms with van der Waals surface area (Å²) in [4.78, 5) is 11.3. The summed E-state index contributed by atoms with van der Waals surface area (Å²) < 4.78 is 0. The molecule has 6 heteroatoms. The van der Waals surface area contributed by atoms with Crippen molar-refractivity contribution >= 4 is 41.7 Å². The highest BCUT2D eigenvalue weighted by Crippen LogP contribution is 2.31. The number of carbonyl (C=O) groups excluding carboxylic acids is 1. The summed E-state index contributed by atoms with van der Waals surface area (Å²) in [5.74, 6) is 4.60. The molecule has 0 aliphatic heterocycles. The molecule has 0 aliphatic rings. The van der Waals surface area contributed by atoms with Crippen molar-refractivity contribution in [3.63, 3.8) is 0 Å². The number of rotatable bonds is 2. The Kier molecular flexibility index (Phi) is 4.28. The predicted octanol–water partition coefficient (Wildman–Crippen LogP) is 2.26. The Morgan fingerprint density at radius 2 is 2.07 bits per heavy atom. The van der Waals surface area contributed by atoms with Gasteiger partial charge in [0.25, 0.3) is 5.91 Å². The average molecular weight is 265 g/mol. The van der Waals surface area contributed by atoms with E-state index >= 15 is 0 Å². The molecule has 0 fully saturated rings. The lowest BCUT2D eigenvalue weighted by molar-refractivity contribution is -0.120. The minimum absolute atomic E-state index is 0.397. The largest absolute Gasteiger partial charge is 0.293 e. The zero-order valence-electron chi connectivity index (χ0n) is 7.92. The second-order valence-corrected chi connectivity index (χ2v) is 4.36. The predicted molar refractivity (Wildman–Crippen MR) is 65.3 cm³/mol. The molecule has 3 N–H and O–H groups in total. The second-order valence-electron chi connectivity index (χ2n) is 3.03. The molecule has 0 bridgehead atoms. The highest BCUT2D eigenvalue weighted by atomic mass is 35.5. The smallest absolute Gasteiger partial charge is 0.251 e. The molecule has 3 nitrogen and oxygen atoms in total. The zero-order valence-corrected chi connectivity index (χ0v) is 10.3. The Bertz CT molecular complexity index is 398. The van der Waals surface area contributed by atoms with E-state index in [1.807, 2.05) is 12.3 Å². The van der Waals surface area contributed by atoms with Crippen molar-refractivity contribution in [2.75, 3.05) is 0 Å². The zero-order chi connectivity index (χ0) is 11.6. The Morgan fingerprint density at radius 3 is 2.60 bits per heavy atom. The molecule has 15 heavy (non-hydrogen) atoms. The van der Waals surface area contributed by atoms with Crippen LogP contribution in [0.1, 0.15) is 16.4 Å². The first-order chi connectivity index (χ1) is 6.97. The number of halogens is 2. The van der Waals surface area contributed by atoms with Crippen molar-refractivity contribution in [2.24, 2.45) is 5.84 Å². The molecular formula is C9H10Cl2N2OS. The van der Waals surface area contributed by atoms with Gasteiger partial charge >= 0.3 is 0 Å². The minimum atomic E-state index is -0.696. The lowest BCUT2D eigenvalue weighted by atomic mass is 10.1. The van der Waals surface area contributed by atoms with E-state index in [1.165, 1.54) is 0 Å². The molecule has 0 saturated carbocycles. The van der Waals surface area contributed by atoms with E-state index in [1.54, 1.807) is 12.1 Å². The standard InChI is InChI=1S/C9H10Cl2N2OS/c1-4-2-5(7(11)3-6(4)10)8(15)9(14)13-12/h2-3,8,15H,12H2,1H3,(H,13,14). The molecule has 1 atom stereocenters. The molecule has 1 unspecified atom stereocenters. The molecule has 0 heterocycles. The summed E-state index contributed by atoms with van der Waals surface area (Å²) in [5.41, 5.74) is 3.44. The third-order valence-electron chi connectivity index (χ3n) is 1.96. The fraction of sp³-hybridized carbons (Fsp3) is 0.222. The molecule has 0 aromatic heterocycles. The Morgan fingerprint density at radius 1 is 1.47 bits per heavy atom. The van der Waals surface area contributed by atoms with E-state index in [-0.39, 0.29) is 0 Å². The van der Waals surface area contributed by atoms with E-state index < -0.39 is 11.2 Å². The SMILES string of the molecule is Cc1cc(C(S)C(=O)NN)c(Cl)cc1Cl. The summed E-state index contributed by atoms with van der Waals surface area (Å²) in [7, 11) is 0. The van der Waals surface area contributed by atoms with Crippen molar-refractivity contribution < 1.29 is 4.79 Å². The number of nitrogens with two attached hydrogens (primary N) is 1. The van der Waals surface area contributed by atoms with Crippen LogP contribution >= 0.6 is 35.8 Å². The Balaban J connectivity index is 3.14. The van der Waals surface area contributed by atoms with Crippen molar-refractivity contribution in [1.29, 1.82) is 0 Å². The van der Waals surface area contributed by atoms with Gasteiger partial charge in [0.1, 0.15) is 5.25 Å². The van der Waals surface area contributed by atoms with Gasteiger partial charge < -0.3 is 0 Å². The fourth-order valence-electron chi connectivity index (χ4n) is 1.11. The van der Waals surface area contributed by atoms with Crippen LogP contribution in [-0.4, -0.2) is 5.91 Å². The Labute approximate surface area is 103 Å². The quantitative estimate of drug-likeness (QED) is 0.332. The van der Waals surface area contributed by atoms with Gasteiger partial charge in [-0.1, -0.05) is 29.3 Å². The summed E-state index contributed by atoms with van der Waals surface area (Å²) >= 11 is 15.9. The number of benzene rings is 1. The van der Waals surface area contributed by atoms with Crippen molar-refractivity contribution in [2.45, 2.75) is 12.2 Å². The number of carbonyl (C=O) groups is 1. The molecule has 0 aliphatic carbocycles. The molecule has 1 aromatic rings. The first-order valence-corrected chi connectivity index (χ1v) is 5.38. The molecule has 1 aromatic carbocycles. The Hall–Kier alpha value is -0.420. The van der Waals surface area contributed by atoms with E-state index in [2.05, 4.69) is 12.6 Å². The van der Waals surface area contributed by atoms with Crippen LogP contribution in [0, 0.1) is 6.92 Å². The van der Waals surface area contributed by atoms with E-state index in [9.17, 15) is 4.79 Å². The summed E-state index contributed by atoms with van der Waals surface area (Å²) in [5, 5.41) is 0.255. The van der Waals surface area contributed by atoms with Gasteiger partial charge in [0, 0.05) is 10.0 Å². The summed E-state index contributed by atoms with van der Waals surface area (Å²) in [6.07, 6.45) is 0. The van der Waals surface area contributed by atoms with Gasteiger partial charge in [-0.3, -0.25) is 10.2 Å². The number of hydrogen-bond donors (Lipinski definition) is 3. The molecule has 82 valence electrons. The van der Waals surface area contributed by atoms with Gasteiger partial charge in [-0.2, -0.15) is 12.6 Å². The first kappa shape index (κ1) is 12.6. The number of thiol groups is 1. The molecule has 1 rings (SSSR count). The summed E-state index contributed by atoms with van der Waals surface area (Å²) in [6, 6.07) is 3.30. The van der Waals surface area contributed by atoms with Gasteiger partial charge in [0.2, 0.25) is 0 Å². The van der Waals surface area contributed by atoms with Crippen LogP contribution in [0.5, 0.6) is 0 Å². The van der Waals surface area contributed by atoms with Gasteiger partial charge in [0.05, 0.1) is 0 Å². The molecule has 0 radical (unpaired) electrons. The van der Waals surface area contributed by atoms with Gasteiger partial charge in [0.15, 0.2) is 0 Å². The average Bonchev–Trinajstić information content (AvgIpc) is 2.21. The van der Waals surface area contributed by atoms with Crippen molar-refractivity contribution in [3.05, 3.63) is 33.3 Å². The third-order valence-corrected chi connectivity index (χ3v) is 3.21. The van der Waals surface area contributed by atoms with Gasteiger partial charge in [-0.05, 0) is 24.1 Å². The topological polar surface area (TPSA) is 55.1 Å². The highest BCUT2D eigenvalue weighted by molar-refractivity contribution is 7.81. The van der Waals surface area contributed by atoms with Crippen molar-refractivity contribution in [3.8, 4) is 0 Å². The van der Waals surface area contributed by atoms with Crippen LogP contribution in [0.4, 0.5) is 0 Å². The van der Waals surface area contributed by atoms with Crippen LogP contribution in [0.25, 0.3) is 0 Å². The van der Waals surface area contributed by atoms with E-state index in [4.69, 9.17) is 29.0 Å². The van der Waals surface area contributed by atoms with Crippen LogP contribution in [0.15, 0.2) is 12.1 Å². The lowest BCUT2D eigenvalue weighted by Gasteiger charge is -2.12. The second kappa shape index (κ2) is 5.07. The van der Waals surface area contributed by atoms with Crippen molar-refractivity contribution in [1.82, 2.24) is 5.43 Å². The molecule has 0 saturated heterocycles. The monoisotopic (exact) mass is 264 g/mol. The number of amides is 1. The third kappa shape index (κ3) is 2.78. The number of hydrogen-bond acceptors (Lipinski definition) is 3. The lowest BCUT2D eigenvalue weighted by Crippen LogP contribution is -2.33.